The Balaban J connectivity index is 2.53. The third-order valence-corrected chi connectivity index (χ3v) is 1.93. The Labute approximate surface area is 84.9 Å². The fourth-order valence-electron chi connectivity index (χ4n) is 1.26. The lowest BCUT2D eigenvalue weighted by Gasteiger charge is -1.98. The van der Waals surface area contributed by atoms with E-state index in [1.165, 1.54) is 0 Å². The van der Waals surface area contributed by atoms with E-state index in [1.54, 1.807) is 6.20 Å². The first-order chi connectivity index (χ1) is 7.22. The second-order valence-corrected chi connectivity index (χ2v) is 2.97. The van der Waals surface area contributed by atoms with Crippen LogP contribution in [-0.4, -0.2) is 26.2 Å². The zero-order chi connectivity index (χ0) is 10.8. The number of nitrogens with zero attached hydrogens (tertiary/aromatic N) is 3. The molecule has 2 heterocycles. The maximum absolute atomic E-state index is 11.4. The standard InChI is InChI=1S/C8H11N5O2/c1-2-15-4-5-3-10-13-6(5)11-7(9)12-8(13)14/h3H,2,4H2,1H3,(H3,9,11,12,14). The number of nitrogen functional groups attached to an aromatic ring is 1. The maximum Gasteiger partial charge on any atom is 0.350 e. The Morgan fingerprint density at radius 2 is 2.47 bits per heavy atom. The molecule has 0 saturated carbocycles. The molecule has 7 nitrogen and oxygen atoms in total. The van der Waals surface area contributed by atoms with E-state index in [-0.39, 0.29) is 5.95 Å². The SMILES string of the molecule is CCOCc1cnn2c(=O)[nH]c(N)nc12. The fraction of sp³-hybridized carbons (Fsp3) is 0.375. The second kappa shape index (κ2) is 3.70. The van der Waals surface area contributed by atoms with Gasteiger partial charge in [-0.1, -0.05) is 0 Å². The van der Waals surface area contributed by atoms with Crippen LogP contribution in [0, 0.1) is 0 Å². The Kier molecular flexibility index (Phi) is 2.38. The smallest absolute Gasteiger partial charge is 0.350 e. The molecule has 0 aliphatic carbocycles. The summed E-state index contributed by atoms with van der Waals surface area (Å²) in [6.07, 6.45) is 1.55. The van der Waals surface area contributed by atoms with E-state index in [0.717, 1.165) is 10.1 Å². The summed E-state index contributed by atoms with van der Waals surface area (Å²) in [5.74, 6) is 0.0748. The van der Waals surface area contributed by atoms with Crippen LogP contribution < -0.4 is 11.4 Å². The molecule has 0 amide bonds. The van der Waals surface area contributed by atoms with E-state index in [0.29, 0.717) is 18.9 Å². The van der Waals surface area contributed by atoms with E-state index >= 15 is 0 Å². The highest BCUT2D eigenvalue weighted by Crippen LogP contribution is 2.07. The number of hydrogen-bond donors (Lipinski definition) is 2. The first-order valence-corrected chi connectivity index (χ1v) is 4.52. The van der Waals surface area contributed by atoms with Gasteiger partial charge in [0.2, 0.25) is 5.95 Å². The van der Waals surface area contributed by atoms with Gasteiger partial charge in [0.1, 0.15) is 0 Å². The van der Waals surface area contributed by atoms with Crippen molar-refractivity contribution in [1.82, 2.24) is 19.6 Å². The van der Waals surface area contributed by atoms with Gasteiger partial charge in [0.15, 0.2) is 5.65 Å². The Hall–Kier alpha value is -1.89. The van der Waals surface area contributed by atoms with Crippen LogP contribution in [0.1, 0.15) is 12.5 Å². The van der Waals surface area contributed by atoms with Crippen molar-refractivity contribution in [2.24, 2.45) is 0 Å². The van der Waals surface area contributed by atoms with Gasteiger partial charge in [-0.3, -0.25) is 4.98 Å². The molecule has 0 saturated heterocycles. The summed E-state index contributed by atoms with van der Waals surface area (Å²) in [6.45, 7) is 2.85. The second-order valence-electron chi connectivity index (χ2n) is 2.97. The summed E-state index contributed by atoms with van der Waals surface area (Å²) in [5.41, 5.74) is 6.21. The van der Waals surface area contributed by atoms with Crippen molar-refractivity contribution in [3.8, 4) is 0 Å². The largest absolute Gasteiger partial charge is 0.377 e. The zero-order valence-electron chi connectivity index (χ0n) is 8.23. The molecule has 2 aromatic heterocycles. The van der Waals surface area contributed by atoms with Gasteiger partial charge < -0.3 is 10.5 Å². The lowest BCUT2D eigenvalue weighted by molar-refractivity contribution is 0.135. The number of fused-ring (bicyclic) bond motifs is 1. The number of nitrogens with one attached hydrogen (secondary N) is 1. The van der Waals surface area contributed by atoms with Crippen molar-refractivity contribution in [2.45, 2.75) is 13.5 Å². The molecule has 0 radical (unpaired) electrons. The topological polar surface area (TPSA) is 98.3 Å². The van der Waals surface area contributed by atoms with Crippen LogP contribution in [0.25, 0.3) is 5.65 Å². The Morgan fingerprint density at radius 1 is 1.67 bits per heavy atom. The molecule has 0 aromatic carbocycles. The summed E-state index contributed by atoms with van der Waals surface area (Å²) in [5, 5.41) is 3.89. The van der Waals surface area contributed by atoms with E-state index in [9.17, 15) is 4.79 Å². The molecule has 3 N–H and O–H groups in total. The minimum Gasteiger partial charge on any atom is -0.377 e. The molecule has 80 valence electrons. The first-order valence-electron chi connectivity index (χ1n) is 4.52. The monoisotopic (exact) mass is 209 g/mol. The summed E-state index contributed by atoms with van der Waals surface area (Å²) < 4.78 is 6.38. The van der Waals surface area contributed by atoms with Crippen molar-refractivity contribution in [1.29, 1.82) is 0 Å². The molecular weight excluding hydrogens is 198 g/mol. The number of H-pyrrole nitrogens is 1. The lowest BCUT2D eigenvalue weighted by Crippen LogP contribution is -2.20. The average molecular weight is 209 g/mol. The minimum absolute atomic E-state index is 0.0748. The molecule has 7 heteroatoms. The summed E-state index contributed by atoms with van der Waals surface area (Å²) in [6, 6.07) is 0. The Morgan fingerprint density at radius 3 is 3.20 bits per heavy atom. The van der Waals surface area contributed by atoms with Crippen LogP contribution in [-0.2, 0) is 11.3 Å². The third kappa shape index (κ3) is 1.68. The van der Waals surface area contributed by atoms with Gasteiger partial charge in [-0.05, 0) is 6.92 Å². The van der Waals surface area contributed by atoms with Crippen molar-refractivity contribution in [3.05, 3.63) is 22.2 Å². The van der Waals surface area contributed by atoms with Crippen molar-refractivity contribution in [3.63, 3.8) is 0 Å². The van der Waals surface area contributed by atoms with Crippen LogP contribution in [0.5, 0.6) is 0 Å². The van der Waals surface area contributed by atoms with Gasteiger partial charge in [-0.25, -0.2) is 4.79 Å². The third-order valence-electron chi connectivity index (χ3n) is 1.93. The van der Waals surface area contributed by atoms with Crippen LogP contribution >= 0.6 is 0 Å². The molecule has 2 rings (SSSR count). The summed E-state index contributed by atoms with van der Waals surface area (Å²) in [4.78, 5) is 17.7. The van der Waals surface area contributed by atoms with E-state index < -0.39 is 5.69 Å². The molecule has 15 heavy (non-hydrogen) atoms. The fourth-order valence-corrected chi connectivity index (χ4v) is 1.26. The van der Waals surface area contributed by atoms with Crippen LogP contribution in [0.2, 0.25) is 0 Å². The predicted octanol–water partition coefficient (Wildman–Crippen LogP) is -0.464. The molecule has 0 aliphatic rings. The highest BCUT2D eigenvalue weighted by Gasteiger charge is 2.08. The van der Waals surface area contributed by atoms with Gasteiger partial charge in [0.25, 0.3) is 0 Å². The number of rotatable bonds is 3. The number of aromatic amines is 1. The van der Waals surface area contributed by atoms with E-state index in [4.69, 9.17) is 10.5 Å². The number of anilines is 1. The number of nitrogens with two attached hydrogens (primary N) is 1. The molecule has 0 unspecified atom stereocenters. The van der Waals surface area contributed by atoms with Crippen molar-refractivity contribution >= 4 is 11.6 Å². The Bertz CT molecular complexity index is 529. The molecule has 0 bridgehead atoms. The van der Waals surface area contributed by atoms with Crippen LogP contribution in [0.4, 0.5) is 5.95 Å². The van der Waals surface area contributed by atoms with Gasteiger partial charge in [0, 0.05) is 12.2 Å². The molecule has 0 fully saturated rings. The number of aromatic nitrogens is 4. The summed E-state index contributed by atoms with van der Waals surface area (Å²) >= 11 is 0. The molecule has 0 spiro atoms. The van der Waals surface area contributed by atoms with Gasteiger partial charge in [-0.2, -0.15) is 14.6 Å². The van der Waals surface area contributed by atoms with Crippen molar-refractivity contribution in [2.75, 3.05) is 12.3 Å². The molecule has 0 atom stereocenters. The molecule has 0 aliphatic heterocycles. The van der Waals surface area contributed by atoms with Gasteiger partial charge in [-0.15, -0.1) is 0 Å². The lowest BCUT2D eigenvalue weighted by atomic mass is 10.4. The first kappa shape index (κ1) is 9.66. The van der Waals surface area contributed by atoms with Gasteiger partial charge >= 0.3 is 5.69 Å². The average Bonchev–Trinajstić information content (AvgIpc) is 2.58. The van der Waals surface area contributed by atoms with Crippen molar-refractivity contribution < 1.29 is 4.74 Å². The highest BCUT2D eigenvalue weighted by molar-refractivity contribution is 5.47. The minimum atomic E-state index is -0.403. The van der Waals surface area contributed by atoms with Crippen LogP contribution in [0.15, 0.2) is 11.0 Å². The number of ether oxygens (including phenoxy) is 1. The molecular formula is C8H11N5O2. The van der Waals surface area contributed by atoms with E-state index in [2.05, 4.69) is 15.1 Å². The predicted molar refractivity (Wildman–Crippen MR) is 53.4 cm³/mol. The number of hydrogen-bond acceptors (Lipinski definition) is 5. The normalized spacial score (nSPS) is 11.0. The highest BCUT2D eigenvalue weighted by atomic mass is 16.5. The molecule has 2 aromatic rings. The quantitative estimate of drug-likeness (QED) is 0.712. The zero-order valence-corrected chi connectivity index (χ0v) is 8.23. The van der Waals surface area contributed by atoms with Crippen LogP contribution in [0.3, 0.4) is 0 Å². The van der Waals surface area contributed by atoms with Gasteiger partial charge in [0.05, 0.1) is 12.8 Å². The summed E-state index contributed by atoms with van der Waals surface area (Å²) in [7, 11) is 0. The maximum atomic E-state index is 11.4. The van der Waals surface area contributed by atoms with E-state index in [1.807, 2.05) is 6.92 Å².